The number of aryl methyl sites for hydroxylation is 2. The maximum atomic E-state index is 12.9. The average Bonchev–Trinajstić information content (AvgIpc) is 3.25. The first-order chi connectivity index (χ1) is 15.4. The molecule has 8 heteroatoms. The van der Waals surface area contributed by atoms with Crippen LogP contribution in [0.5, 0.6) is 5.75 Å². The van der Waals surface area contributed by atoms with Crippen molar-refractivity contribution in [2.45, 2.75) is 26.8 Å². The molecule has 0 saturated heterocycles. The number of hydrogen-bond acceptors (Lipinski definition) is 5. The van der Waals surface area contributed by atoms with Crippen LogP contribution in [-0.4, -0.2) is 39.0 Å². The van der Waals surface area contributed by atoms with Crippen LogP contribution in [0.15, 0.2) is 59.4 Å². The fourth-order valence-corrected chi connectivity index (χ4v) is 3.48. The molecular weight excluding hydrogens is 406 g/mol. The van der Waals surface area contributed by atoms with Crippen molar-refractivity contribution >= 4 is 11.4 Å². The molecule has 2 aromatic carbocycles. The van der Waals surface area contributed by atoms with Gasteiger partial charge in [-0.05, 0) is 56.2 Å². The summed E-state index contributed by atoms with van der Waals surface area (Å²) >= 11 is 0. The summed E-state index contributed by atoms with van der Waals surface area (Å²) in [5, 5.41) is 11.6. The number of carbonyl (C=O) groups excluding carboxylic acids is 1. The Morgan fingerprint density at radius 3 is 2.44 bits per heavy atom. The molecule has 2 heterocycles. The first-order valence-corrected chi connectivity index (χ1v) is 10.4. The SMILES string of the molecule is COc1ccc(-c2cc3c(=O)n(CC(=O)NCCc4ccc(C)cc4)nc(C)n3n2)cc1. The number of carbonyl (C=O) groups is 1. The van der Waals surface area contributed by atoms with Gasteiger partial charge >= 0.3 is 0 Å². The molecule has 2 aromatic heterocycles. The van der Waals surface area contributed by atoms with E-state index in [-0.39, 0.29) is 18.0 Å². The number of aromatic nitrogens is 4. The van der Waals surface area contributed by atoms with Crippen LogP contribution in [0.25, 0.3) is 16.8 Å². The van der Waals surface area contributed by atoms with E-state index in [1.165, 1.54) is 14.8 Å². The lowest BCUT2D eigenvalue weighted by Gasteiger charge is -2.08. The molecular formula is C24H25N5O3. The highest BCUT2D eigenvalue weighted by atomic mass is 16.5. The van der Waals surface area contributed by atoms with E-state index in [0.717, 1.165) is 23.3 Å². The van der Waals surface area contributed by atoms with Crippen LogP contribution in [0.1, 0.15) is 17.0 Å². The normalized spacial score (nSPS) is 11.0. The summed E-state index contributed by atoms with van der Waals surface area (Å²) < 4.78 is 7.88. The number of fused-ring (bicyclic) bond motifs is 1. The lowest BCUT2D eigenvalue weighted by atomic mass is 10.1. The van der Waals surface area contributed by atoms with Crippen molar-refractivity contribution in [3.63, 3.8) is 0 Å². The summed E-state index contributed by atoms with van der Waals surface area (Å²) in [5.74, 6) is 1.00. The van der Waals surface area contributed by atoms with E-state index in [1.807, 2.05) is 55.5 Å². The Kier molecular flexibility index (Phi) is 6.02. The van der Waals surface area contributed by atoms with Crippen LogP contribution < -0.4 is 15.6 Å². The van der Waals surface area contributed by atoms with Crippen LogP contribution in [0.4, 0.5) is 0 Å². The molecule has 0 aliphatic heterocycles. The van der Waals surface area contributed by atoms with Crippen LogP contribution in [-0.2, 0) is 17.8 Å². The second-order valence-corrected chi connectivity index (χ2v) is 7.65. The summed E-state index contributed by atoms with van der Waals surface area (Å²) in [6.45, 7) is 4.14. The van der Waals surface area contributed by atoms with Gasteiger partial charge in [-0.15, -0.1) is 0 Å². The molecule has 1 amide bonds. The number of methoxy groups -OCH3 is 1. The van der Waals surface area contributed by atoms with E-state index in [0.29, 0.717) is 23.6 Å². The van der Waals surface area contributed by atoms with Crippen molar-refractivity contribution < 1.29 is 9.53 Å². The lowest BCUT2D eigenvalue weighted by Crippen LogP contribution is -2.35. The molecule has 4 aromatic rings. The maximum absolute atomic E-state index is 12.9. The summed E-state index contributed by atoms with van der Waals surface area (Å²) in [7, 11) is 1.61. The van der Waals surface area contributed by atoms with E-state index >= 15 is 0 Å². The van der Waals surface area contributed by atoms with Gasteiger partial charge in [-0.1, -0.05) is 29.8 Å². The van der Waals surface area contributed by atoms with Crippen LogP contribution in [0.3, 0.4) is 0 Å². The van der Waals surface area contributed by atoms with Gasteiger partial charge in [0, 0.05) is 12.1 Å². The van der Waals surface area contributed by atoms with Crippen molar-refractivity contribution in [1.82, 2.24) is 24.7 Å². The largest absolute Gasteiger partial charge is 0.497 e. The molecule has 164 valence electrons. The van der Waals surface area contributed by atoms with E-state index in [2.05, 4.69) is 15.5 Å². The first-order valence-electron chi connectivity index (χ1n) is 10.4. The number of hydrogen-bond donors (Lipinski definition) is 1. The monoisotopic (exact) mass is 431 g/mol. The van der Waals surface area contributed by atoms with Crippen molar-refractivity contribution in [2.75, 3.05) is 13.7 Å². The minimum atomic E-state index is -0.364. The fourth-order valence-electron chi connectivity index (χ4n) is 3.48. The maximum Gasteiger partial charge on any atom is 0.293 e. The zero-order valence-electron chi connectivity index (χ0n) is 18.3. The molecule has 1 N–H and O–H groups in total. The summed E-state index contributed by atoms with van der Waals surface area (Å²) in [6, 6.07) is 17.3. The zero-order valence-corrected chi connectivity index (χ0v) is 18.3. The second kappa shape index (κ2) is 9.05. The van der Waals surface area contributed by atoms with Crippen molar-refractivity contribution in [3.05, 3.63) is 81.9 Å². The molecule has 0 saturated carbocycles. The van der Waals surface area contributed by atoms with Crippen molar-refractivity contribution in [1.29, 1.82) is 0 Å². The Morgan fingerprint density at radius 1 is 1.03 bits per heavy atom. The molecule has 0 spiro atoms. The minimum Gasteiger partial charge on any atom is -0.497 e. The topological polar surface area (TPSA) is 90.5 Å². The Balaban J connectivity index is 1.48. The highest BCUT2D eigenvalue weighted by Crippen LogP contribution is 2.21. The molecule has 0 bridgehead atoms. The Bertz CT molecular complexity index is 1300. The Hall–Kier alpha value is -3.94. The molecule has 0 aliphatic carbocycles. The molecule has 32 heavy (non-hydrogen) atoms. The summed E-state index contributed by atoms with van der Waals surface area (Å²) in [5.41, 5.74) is 3.86. The molecule has 4 rings (SSSR count). The van der Waals surface area contributed by atoms with Gasteiger partial charge in [0.25, 0.3) is 5.56 Å². The highest BCUT2D eigenvalue weighted by molar-refractivity contribution is 5.75. The van der Waals surface area contributed by atoms with Crippen LogP contribution in [0.2, 0.25) is 0 Å². The average molecular weight is 431 g/mol. The van der Waals surface area contributed by atoms with Gasteiger partial charge in [-0.3, -0.25) is 9.59 Å². The fraction of sp³-hybridized carbons (Fsp3) is 0.250. The van der Waals surface area contributed by atoms with Gasteiger partial charge in [0.2, 0.25) is 5.91 Å². The van der Waals surface area contributed by atoms with Gasteiger partial charge in [0.05, 0.1) is 12.8 Å². The Morgan fingerprint density at radius 2 is 1.75 bits per heavy atom. The van der Waals surface area contributed by atoms with E-state index in [1.54, 1.807) is 20.1 Å². The van der Waals surface area contributed by atoms with Crippen LogP contribution in [0, 0.1) is 13.8 Å². The minimum absolute atomic E-state index is 0.146. The standard InChI is InChI=1S/C24H25N5O3/c1-16-4-6-18(7-5-16)12-13-25-23(30)15-28-24(31)22-14-21(27-29(22)17(2)26-28)19-8-10-20(32-3)11-9-19/h4-11,14H,12-13,15H2,1-3H3,(H,25,30). The van der Waals surface area contributed by atoms with Crippen molar-refractivity contribution in [3.8, 4) is 17.0 Å². The Labute approximate surface area is 185 Å². The van der Waals surface area contributed by atoms with E-state index in [4.69, 9.17) is 4.74 Å². The third kappa shape index (κ3) is 4.54. The second-order valence-electron chi connectivity index (χ2n) is 7.65. The lowest BCUT2D eigenvalue weighted by molar-refractivity contribution is -0.121. The number of rotatable bonds is 7. The molecule has 0 radical (unpaired) electrons. The summed E-state index contributed by atoms with van der Waals surface area (Å²) in [4.78, 5) is 25.3. The molecule has 0 atom stereocenters. The molecule has 0 fully saturated rings. The van der Waals surface area contributed by atoms with Gasteiger partial charge in [-0.2, -0.15) is 10.2 Å². The number of nitrogens with one attached hydrogen (secondary N) is 1. The number of ether oxygens (including phenoxy) is 1. The predicted molar refractivity (Wildman–Crippen MR) is 122 cm³/mol. The third-order valence-corrected chi connectivity index (χ3v) is 5.27. The van der Waals surface area contributed by atoms with Gasteiger partial charge in [0.15, 0.2) is 0 Å². The van der Waals surface area contributed by atoms with Gasteiger partial charge in [-0.25, -0.2) is 9.20 Å². The van der Waals surface area contributed by atoms with E-state index < -0.39 is 0 Å². The van der Waals surface area contributed by atoms with Gasteiger partial charge in [0.1, 0.15) is 23.6 Å². The molecule has 0 unspecified atom stereocenters. The predicted octanol–water partition coefficient (Wildman–Crippen LogP) is 2.54. The zero-order chi connectivity index (χ0) is 22.7. The number of amides is 1. The highest BCUT2D eigenvalue weighted by Gasteiger charge is 2.14. The van der Waals surface area contributed by atoms with E-state index in [9.17, 15) is 9.59 Å². The molecule has 0 aliphatic rings. The van der Waals surface area contributed by atoms with Crippen molar-refractivity contribution in [2.24, 2.45) is 0 Å². The quantitative estimate of drug-likeness (QED) is 0.486. The molecule has 8 nitrogen and oxygen atoms in total. The summed E-state index contributed by atoms with van der Waals surface area (Å²) in [6.07, 6.45) is 0.722. The third-order valence-electron chi connectivity index (χ3n) is 5.27. The first kappa shape index (κ1) is 21.3. The number of benzene rings is 2. The smallest absolute Gasteiger partial charge is 0.293 e. The van der Waals surface area contributed by atoms with Gasteiger partial charge < -0.3 is 10.1 Å². The number of nitrogens with zero attached hydrogens (tertiary/aromatic N) is 4. The van der Waals surface area contributed by atoms with Crippen LogP contribution >= 0.6 is 0 Å².